The largest absolute Gasteiger partial charge is 0.496 e. The lowest BCUT2D eigenvalue weighted by atomic mass is 9.86. The Hall–Kier alpha value is -5.83. The number of carbonyl (C=O) groups is 1. The van der Waals surface area contributed by atoms with Crippen LogP contribution in [-0.2, 0) is 0 Å². The highest BCUT2D eigenvalue weighted by Crippen LogP contribution is 2.55. The van der Waals surface area contributed by atoms with Crippen molar-refractivity contribution in [3.05, 3.63) is 60.2 Å². The van der Waals surface area contributed by atoms with Gasteiger partial charge in [0.2, 0.25) is 0 Å². The van der Waals surface area contributed by atoms with Crippen LogP contribution in [0, 0.1) is 0 Å². The number of hydrogen-bond donors (Lipinski definition) is 0. The molecule has 0 saturated heterocycles. The van der Waals surface area contributed by atoms with E-state index in [0.29, 0.717) is 62.3 Å². The second-order valence-electron chi connectivity index (χ2n) is 11.2. The fourth-order valence-electron chi connectivity index (χ4n) is 7.31. The molecule has 48 heavy (non-hydrogen) atoms. The summed E-state index contributed by atoms with van der Waals surface area (Å²) in [6, 6.07) is 17.3. The summed E-state index contributed by atoms with van der Waals surface area (Å²) in [5.74, 6) is 4.59. The van der Waals surface area contributed by atoms with E-state index in [4.69, 9.17) is 37.9 Å². The molecule has 0 fully saturated rings. The van der Waals surface area contributed by atoms with E-state index < -0.39 is 0 Å². The normalized spacial score (nSPS) is 11.4. The molecule has 7 rings (SSSR count). The minimum atomic E-state index is 0.346. The van der Waals surface area contributed by atoms with E-state index in [1.165, 1.54) is 0 Å². The maximum Gasteiger partial charge on any atom is 0.169 e. The lowest BCUT2D eigenvalue weighted by molar-refractivity contribution is 0.112. The van der Waals surface area contributed by atoms with E-state index >= 15 is 0 Å². The van der Waals surface area contributed by atoms with Crippen molar-refractivity contribution in [2.75, 3.05) is 56.9 Å². The number of aldehydes is 1. The predicted octanol–water partition coefficient (Wildman–Crippen LogP) is 8.49. The van der Waals surface area contributed by atoms with E-state index in [0.717, 1.165) is 60.1 Å². The molecule has 0 atom stereocenters. The van der Waals surface area contributed by atoms with Crippen LogP contribution < -0.4 is 37.9 Å². The summed E-state index contributed by atoms with van der Waals surface area (Å²) < 4.78 is 48.0. The number of methoxy groups -OCH3 is 8. The minimum Gasteiger partial charge on any atom is -0.496 e. The van der Waals surface area contributed by atoms with E-state index in [2.05, 4.69) is 0 Å². The van der Waals surface area contributed by atoms with Crippen molar-refractivity contribution in [3.63, 3.8) is 0 Å². The molecule has 0 unspecified atom stereocenters. The highest BCUT2D eigenvalue weighted by atomic mass is 16.5. The molecule has 0 heterocycles. The number of benzene rings is 7. The quantitative estimate of drug-likeness (QED) is 0.113. The summed E-state index contributed by atoms with van der Waals surface area (Å²) in [6.07, 6.45) is 0.772. The number of fused-ring (bicyclic) bond motifs is 11. The van der Waals surface area contributed by atoms with E-state index in [-0.39, 0.29) is 0 Å². The fraction of sp³-hybridized carbons (Fsp3) is 0.205. The van der Waals surface area contributed by atoms with E-state index in [9.17, 15) is 4.79 Å². The highest BCUT2D eigenvalue weighted by Gasteiger charge is 2.27. The van der Waals surface area contributed by atoms with Gasteiger partial charge in [0.05, 0.1) is 62.4 Å². The zero-order valence-electron chi connectivity index (χ0n) is 27.9. The Morgan fingerprint density at radius 2 is 0.750 bits per heavy atom. The molecular weight excluding hydrogens is 612 g/mol. The van der Waals surface area contributed by atoms with Crippen molar-refractivity contribution in [2.45, 2.75) is 0 Å². The second kappa shape index (κ2) is 11.8. The summed E-state index contributed by atoms with van der Waals surface area (Å²) in [6.45, 7) is 0. The molecule has 244 valence electrons. The number of hydrogen-bond acceptors (Lipinski definition) is 9. The average molecular weight is 647 g/mol. The first-order valence-corrected chi connectivity index (χ1v) is 15.1. The van der Waals surface area contributed by atoms with Gasteiger partial charge in [0.15, 0.2) is 17.8 Å². The fourth-order valence-corrected chi connectivity index (χ4v) is 7.31. The van der Waals surface area contributed by atoms with Gasteiger partial charge in [0.1, 0.15) is 34.5 Å². The molecule has 0 saturated carbocycles. The van der Waals surface area contributed by atoms with Crippen molar-refractivity contribution < 1.29 is 42.7 Å². The zero-order chi connectivity index (χ0) is 33.9. The summed E-state index contributed by atoms with van der Waals surface area (Å²) in [7, 11) is 13.0. The molecule has 0 N–H and O–H groups in total. The predicted molar refractivity (Wildman–Crippen MR) is 189 cm³/mol. The van der Waals surface area contributed by atoms with Gasteiger partial charge in [-0.25, -0.2) is 0 Å². The third-order valence-electron chi connectivity index (χ3n) is 9.25. The van der Waals surface area contributed by atoms with Gasteiger partial charge in [-0.1, -0.05) is 0 Å². The Morgan fingerprint density at radius 1 is 0.354 bits per heavy atom. The van der Waals surface area contributed by atoms with Crippen LogP contribution in [0.25, 0.3) is 64.6 Å². The molecule has 0 aromatic heterocycles. The standard InChI is InChI=1S/C39H34O9/c1-41-26-13-14-27(42-2)31-24(26)16-29(44-4)20-9-11-22-34(32(20)31)35-23(39(48-8)38(22)47-7)12-10-21-30(45-5)17-25-28(43-3)15-19(18-40)37(46-6)36(25)33(21)35/h9-18H,1-8H3. The van der Waals surface area contributed by atoms with Gasteiger partial charge in [-0.3, -0.25) is 4.79 Å². The molecule has 0 spiro atoms. The van der Waals surface area contributed by atoms with Gasteiger partial charge >= 0.3 is 0 Å². The topological polar surface area (TPSA) is 90.9 Å². The third kappa shape index (κ3) is 4.06. The van der Waals surface area contributed by atoms with Crippen molar-refractivity contribution >= 4 is 70.9 Å². The molecule has 7 aromatic carbocycles. The smallest absolute Gasteiger partial charge is 0.169 e. The highest BCUT2D eigenvalue weighted by molar-refractivity contribution is 6.39. The van der Waals surface area contributed by atoms with Crippen LogP contribution >= 0.6 is 0 Å². The third-order valence-corrected chi connectivity index (χ3v) is 9.25. The molecule has 9 heteroatoms. The van der Waals surface area contributed by atoms with Crippen molar-refractivity contribution in [1.29, 1.82) is 0 Å². The monoisotopic (exact) mass is 646 g/mol. The SMILES string of the molecule is COc1ccc(OC)c2c1cc(OC)c1ccc3c(OC)c(OC)c4ccc5c(OC)cc6c(OC)cc(C=O)c(OC)c6c5c4c3c12. The first-order valence-electron chi connectivity index (χ1n) is 15.1. The number of carbonyl (C=O) groups excluding carboxylic acids is 1. The van der Waals surface area contributed by atoms with Gasteiger partial charge in [0.25, 0.3) is 0 Å². The first-order chi connectivity index (χ1) is 23.4. The molecular formula is C39H34O9. The lowest BCUT2D eigenvalue weighted by Gasteiger charge is -2.22. The second-order valence-corrected chi connectivity index (χ2v) is 11.2. The van der Waals surface area contributed by atoms with Gasteiger partial charge < -0.3 is 37.9 Å². The molecule has 0 aliphatic carbocycles. The minimum absolute atomic E-state index is 0.346. The Morgan fingerprint density at radius 3 is 1.21 bits per heavy atom. The van der Waals surface area contributed by atoms with Gasteiger partial charge in [-0.2, -0.15) is 0 Å². The van der Waals surface area contributed by atoms with Gasteiger partial charge in [-0.05, 0) is 54.6 Å². The molecule has 0 bridgehead atoms. The van der Waals surface area contributed by atoms with Crippen molar-refractivity contribution in [1.82, 2.24) is 0 Å². The van der Waals surface area contributed by atoms with Crippen LogP contribution in [-0.4, -0.2) is 63.2 Å². The van der Waals surface area contributed by atoms with Gasteiger partial charge in [0, 0.05) is 64.6 Å². The van der Waals surface area contributed by atoms with Crippen LogP contribution in [0.4, 0.5) is 0 Å². The molecule has 9 nitrogen and oxygen atoms in total. The van der Waals surface area contributed by atoms with Gasteiger partial charge in [-0.15, -0.1) is 0 Å². The molecule has 0 aliphatic rings. The molecule has 7 aromatic rings. The maximum atomic E-state index is 12.5. The van der Waals surface area contributed by atoms with E-state index in [1.807, 2.05) is 48.5 Å². The summed E-state index contributed by atoms with van der Waals surface area (Å²) in [4.78, 5) is 12.5. The van der Waals surface area contributed by atoms with Crippen LogP contribution in [0.2, 0.25) is 0 Å². The summed E-state index contributed by atoms with van der Waals surface area (Å²) in [5.41, 5.74) is 0.346. The van der Waals surface area contributed by atoms with Crippen LogP contribution in [0.5, 0.6) is 46.0 Å². The van der Waals surface area contributed by atoms with Crippen LogP contribution in [0.1, 0.15) is 10.4 Å². The van der Waals surface area contributed by atoms with E-state index in [1.54, 1.807) is 62.9 Å². The molecule has 0 amide bonds. The lowest BCUT2D eigenvalue weighted by Crippen LogP contribution is -2.00. The summed E-state index contributed by atoms with van der Waals surface area (Å²) >= 11 is 0. The molecule has 0 radical (unpaired) electrons. The Balaban J connectivity index is 1.98. The maximum absolute atomic E-state index is 12.5. The summed E-state index contributed by atoms with van der Waals surface area (Å²) in [5, 5.41) is 9.51. The number of rotatable bonds is 9. The number of ether oxygens (including phenoxy) is 8. The van der Waals surface area contributed by atoms with Crippen molar-refractivity contribution in [2.24, 2.45) is 0 Å². The zero-order valence-corrected chi connectivity index (χ0v) is 27.9. The Bertz CT molecular complexity index is 2460. The first kappa shape index (κ1) is 30.8. The van der Waals surface area contributed by atoms with Crippen LogP contribution in [0.3, 0.4) is 0 Å². The average Bonchev–Trinajstić information content (AvgIpc) is 3.14. The molecule has 0 aliphatic heterocycles. The van der Waals surface area contributed by atoms with Crippen molar-refractivity contribution in [3.8, 4) is 46.0 Å². The Kier molecular flexibility index (Phi) is 7.55. The Labute approximate surface area is 276 Å². The van der Waals surface area contributed by atoms with Crippen LogP contribution in [0.15, 0.2) is 54.6 Å².